The molecule has 2 N–H and O–H groups in total. The Kier molecular flexibility index (Phi) is 7.17. The van der Waals surface area contributed by atoms with Crippen molar-refractivity contribution in [1.29, 1.82) is 0 Å². The Morgan fingerprint density at radius 2 is 1.84 bits per heavy atom. The van der Waals surface area contributed by atoms with E-state index in [0.717, 1.165) is 5.56 Å². The van der Waals surface area contributed by atoms with Gasteiger partial charge in [-0.2, -0.15) is 13.8 Å². The van der Waals surface area contributed by atoms with Crippen molar-refractivity contribution in [3.05, 3.63) is 59.9 Å². The molecule has 1 unspecified atom stereocenters. The number of hydrogen-bond donors (Lipinski definition) is 2. The molecule has 0 fully saturated rings. The zero-order valence-corrected chi connectivity index (χ0v) is 17.4. The van der Waals surface area contributed by atoms with E-state index >= 15 is 0 Å². The molecule has 31 heavy (non-hydrogen) atoms. The Labute approximate surface area is 178 Å². The first-order chi connectivity index (χ1) is 14.9. The average molecular weight is 430 g/mol. The van der Waals surface area contributed by atoms with Gasteiger partial charge in [0.15, 0.2) is 5.82 Å². The number of rotatable bonds is 8. The average Bonchev–Trinajstić information content (AvgIpc) is 3.23. The Hall–Kier alpha value is -3.49. The highest BCUT2D eigenvalue weighted by molar-refractivity contribution is 5.89. The summed E-state index contributed by atoms with van der Waals surface area (Å²) in [5.74, 6) is 1.22. The molecule has 0 aliphatic carbocycles. The molecule has 0 spiro atoms. The van der Waals surface area contributed by atoms with Gasteiger partial charge in [-0.15, -0.1) is 0 Å². The van der Waals surface area contributed by atoms with Gasteiger partial charge in [0.2, 0.25) is 0 Å². The molecule has 0 aliphatic heterocycles. The molecule has 9 heteroatoms. The van der Waals surface area contributed by atoms with E-state index in [-0.39, 0.29) is 11.7 Å². The second-order valence-corrected chi connectivity index (χ2v) is 7.17. The van der Waals surface area contributed by atoms with E-state index < -0.39 is 18.7 Å². The first-order valence-electron chi connectivity index (χ1n) is 9.92. The summed E-state index contributed by atoms with van der Waals surface area (Å²) in [7, 11) is 0. The number of halogens is 2. The maximum absolute atomic E-state index is 12.7. The van der Waals surface area contributed by atoms with Crippen LogP contribution in [0.4, 0.5) is 19.3 Å². The minimum atomic E-state index is -2.94. The number of aromatic nitrogens is 2. The van der Waals surface area contributed by atoms with Crippen molar-refractivity contribution in [3.8, 4) is 17.2 Å². The van der Waals surface area contributed by atoms with Gasteiger partial charge in [0, 0.05) is 22.7 Å². The van der Waals surface area contributed by atoms with E-state index in [9.17, 15) is 13.6 Å². The summed E-state index contributed by atoms with van der Waals surface area (Å²) >= 11 is 0. The van der Waals surface area contributed by atoms with Gasteiger partial charge in [0.1, 0.15) is 5.75 Å². The van der Waals surface area contributed by atoms with E-state index in [0.29, 0.717) is 29.4 Å². The largest absolute Gasteiger partial charge is 0.434 e. The van der Waals surface area contributed by atoms with Crippen LogP contribution in [0, 0.1) is 0 Å². The highest BCUT2D eigenvalue weighted by Gasteiger charge is 2.19. The number of carbonyl (C=O) groups is 1. The van der Waals surface area contributed by atoms with E-state index in [4.69, 9.17) is 4.52 Å². The molecule has 0 radical (unpaired) electrons. The standard InChI is InChI=1S/C22H24F2N4O3/c1-4-17(16-7-5-6-8-18(16)30-21(23)24)26-22(29)25-15-11-9-14(10-12-15)20-27-19(13(2)3)28-31-20/h5-13,17,21H,4H2,1-3H3,(H2,25,26,29). The summed E-state index contributed by atoms with van der Waals surface area (Å²) in [6.07, 6.45) is 0.491. The van der Waals surface area contributed by atoms with Crippen molar-refractivity contribution in [3.63, 3.8) is 0 Å². The molecular formula is C22H24F2N4O3. The third kappa shape index (κ3) is 5.78. The van der Waals surface area contributed by atoms with Gasteiger partial charge < -0.3 is 19.9 Å². The number of para-hydroxylation sites is 1. The summed E-state index contributed by atoms with van der Waals surface area (Å²) in [5, 5.41) is 9.46. The van der Waals surface area contributed by atoms with Gasteiger partial charge in [-0.3, -0.25) is 0 Å². The normalized spacial score (nSPS) is 12.1. The van der Waals surface area contributed by atoms with Crippen LogP contribution in [0.15, 0.2) is 53.1 Å². The molecular weight excluding hydrogens is 406 g/mol. The number of benzene rings is 2. The van der Waals surface area contributed by atoms with E-state index in [1.165, 1.54) is 6.07 Å². The molecule has 0 bridgehead atoms. The molecule has 3 rings (SSSR count). The van der Waals surface area contributed by atoms with Crippen molar-refractivity contribution >= 4 is 11.7 Å². The highest BCUT2D eigenvalue weighted by atomic mass is 19.3. The summed E-state index contributed by atoms with van der Waals surface area (Å²) in [5.41, 5.74) is 1.76. The molecule has 0 saturated heterocycles. The highest BCUT2D eigenvalue weighted by Crippen LogP contribution is 2.28. The van der Waals surface area contributed by atoms with E-state index in [1.54, 1.807) is 42.5 Å². The molecule has 0 aliphatic rings. The van der Waals surface area contributed by atoms with Gasteiger partial charge in [0.25, 0.3) is 5.89 Å². The number of amides is 2. The topological polar surface area (TPSA) is 89.3 Å². The summed E-state index contributed by atoms with van der Waals surface area (Å²) < 4.78 is 35.2. The number of carbonyl (C=O) groups excluding carboxylic acids is 1. The third-order valence-corrected chi connectivity index (χ3v) is 4.57. The predicted octanol–water partition coefficient (Wildman–Crippen LogP) is 5.73. The van der Waals surface area contributed by atoms with Crippen LogP contribution >= 0.6 is 0 Å². The monoisotopic (exact) mass is 430 g/mol. The zero-order valence-electron chi connectivity index (χ0n) is 17.4. The minimum Gasteiger partial charge on any atom is -0.434 e. The van der Waals surface area contributed by atoms with Crippen LogP contribution in [0.3, 0.4) is 0 Å². The van der Waals surface area contributed by atoms with Gasteiger partial charge in [0.05, 0.1) is 6.04 Å². The summed E-state index contributed by atoms with van der Waals surface area (Å²) in [6, 6.07) is 12.4. The fraction of sp³-hybridized carbons (Fsp3) is 0.318. The molecule has 2 amide bonds. The van der Waals surface area contributed by atoms with Crippen LogP contribution in [0.2, 0.25) is 0 Å². The molecule has 3 aromatic rings. The van der Waals surface area contributed by atoms with Crippen molar-refractivity contribution in [2.75, 3.05) is 5.32 Å². The van der Waals surface area contributed by atoms with Gasteiger partial charge in [-0.1, -0.05) is 44.1 Å². The molecule has 0 saturated carbocycles. The van der Waals surface area contributed by atoms with Gasteiger partial charge in [-0.05, 0) is 36.8 Å². The Morgan fingerprint density at radius 1 is 1.13 bits per heavy atom. The quantitative estimate of drug-likeness (QED) is 0.476. The molecule has 2 aromatic carbocycles. The van der Waals surface area contributed by atoms with Crippen LogP contribution in [0.1, 0.15) is 50.5 Å². The maximum Gasteiger partial charge on any atom is 0.387 e. The van der Waals surface area contributed by atoms with Crippen LogP contribution < -0.4 is 15.4 Å². The number of ether oxygens (including phenoxy) is 1. The predicted molar refractivity (Wildman–Crippen MR) is 112 cm³/mol. The fourth-order valence-corrected chi connectivity index (χ4v) is 2.98. The van der Waals surface area contributed by atoms with Gasteiger partial charge in [-0.25, -0.2) is 4.79 Å². The SMILES string of the molecule is CCC(NC(=O)Nc1ccc(-c2nc(C(C)C)no2)cc1)c1ccccc1OC(F)F. The maximum atomic E-state index is 12.7. The van der Waals surface area contributed by atoms with Crippen LogP contribution in [-0.4, -0.2) is 22.8 Å². The fourth-order valence-electron chi connectivity index (χ4n) is 2.98. The third-order valence-electron chi connectivity index (χ3n) is 4.57. The Bertz CT molecular complexity index is 1010. The lowest BCUT2D eigenvalue weighted by Crippen LogP contribution is -2.32. The van der Waals surface area contributed by atoms with Crippen molar-refractivity contribution in [2.24, 2.45) is 0 Å². The second kappa shape index (κ2) is 10.0. The smallest absolute Gasteiger partial charge is 0.387 e. The Balaban J connectivity index is 1.66. The van der Waals surface area contributed by atoms with E-state index in [2.05, 4.69) is 25.5 Å². The number of hydrogen-bond acceptors (Lipinski definition) is 5. The van der Waals surface area contributed by atoms with Crippen LogP contribution in [-0.2, 0) is 0 Å². The summed E-state index contributed by atoms with van der Waals surface area (Å²) in [4.78, 5) is 16.8. The van der Waals surface area contributed by atoms with Crippen LogP contribution in [0.25, 0.3) is 11.5 Å². The summed E-state index contributed by atoms with van der Waals surface area (Å²) in [6.45, 7) is 2.85. The van der Waals surface area contributed by atoms with E-state index in [1.807, 2.05) is 20.8 Å². The first-order valence-corrected chi connectivity index (χ1v) is 9.92. The molecule has 1 atom stereocenters. The molecule has 164 valence electrons. The second-order valence-electron chi connectivity index (χ2n) is 7.17. The Morgan fingerprint density at radius 3 is 2.45 bits per heavy atom. The number of alkyl halides is 2. The number of anilines is 1. The molecule has 7 nitrogen and oxygen atoms in total. The van der Waals surface area contributed by atoms with Gasteiger partial charge >= 0.3 is 12.6 Å². The van der Waals surface area contributed by atoms with Crippen molar-refractivity contribution < 1.29 is 22.8 Å². The molecule has 1 heterocycles. The van der Waals surface area contributed by atoms with Crippen LogP contribution in [0.5, 0.6) is 5.75 Å². The molecule has 1 aromatic heterocycles. The minimum absolute atomic E-state index is 0.0364. The number of urea groups is 1. The number of nitrogens with one attached hydrogen (secondary N) is 2. The lowest BCUT2D eigenvalue weighted by Gasteiger charge is -2.20. The lowest BCUT2D eigenvalue weighted by molar-refractivity contribution is -0.0506. The van der Waals surface area contributed by atoms with Crippen molar-refractivity contribution in [2.45, 2.75) is 45.8 Å². The first kappa shape index (κ1) is 22.2. The van der Waals surface area contributed by atoms with Crippen molar-refractivity contribution in [1.82, 2.24) is 15.5 Å². The number of nitrogens with zero attached hydrogens (tertiary/aromatic N) is 2. The zero-order chi connectivity index (χ0) is 22.4. The lowest BCUT2D eigenvalue weighted by atomic mass is 10.0.